The van der Waals surface area contributed by atoms with Gasteiger partial charge in [0.1, 0.15) is 5.75 Å². The number of halogens is 2. The number of hydrogen-bond donors (Lipinski definition) is 2. The first kappa shape index (κ1) is 13.8. The zero-order valence-electron chi connectivity index (χ0n) is 10.1. The van der Waals surface area contributed by atoms with Crippen LogP contribution in [0.5, 0.6) is 5.75 Å². The Morgan fingerprint density at radius 2 is 1.75 bits per heavy atom. The van der Waals surface area contributed by atoms with Crippen LogP contribution in [0.2, 0.25) is 0 Å². The predicted molar refractivity (Wildman–Crippen MR) is 96.4 cm³/mol. The largest absolute Gasteiger partial charge is 0.506 e. The van der Waals surface area contributed by atoms with E-state index < -0.39 is 0 Å². The third kappa shape index (κ3) is 2.80. The van der Waals surface area contributed by atoms with Crippen molar-refractivity contribution in [2.24, 2.45) is 0 Å². The van der Waals surface area contributed by atoms with Gasteiger partial charge >= 0.3 is 0 Å². The minimum atomic E-state index is 0.302. The average molecular weight is 489 g/mol. The topological polar surface area (TPSA) is 58.0 Å². The van der Waals surface area contributed by atoms with Gasteiger partial charge in [0.05, 0.1) is 12.7 Å². The SMILES string of the molecule is Oc1c(I)cc(Nc2ncc3ccccc3n2)cc1I. The molecule has 20 heavy (non-hydrogen) atoms. The normalized spacial score (nSPS) is 10.7. The first-order chi connectivity index (χ1) is 9.63. The molecule has 1 aromatic heterocycles. The highest BCUT2D eigenvalue weighted by molar-refractivity contribution is 14.1. The molecule has 0 atom stereocenters. The second-order valence-corrected chi connectivity index (χ2v) is 6.49. The first-order valence-corrected chi connectivity index (χ1v) is 7.96. The summed E-state index contributed by atoms with van der Waals surface area (Å²) < 4.78 is 1.58. The molecular formula is C14H9I2N3O. The minimum Gasteiger partial charge on any atom is -0.506 e. The van der Waals surface area contributed by atoms with Gasteiger partial charge in [0.25, 0.3) is 0 Å². The van der Waals surface area contributed by atoms with Gasteiger partial charge in [0.15, 0.2) is 0 Å². The van der Waals surface area contributed by atoms with Crippen molar-refractivity contribution in [3.8, 4) is 5.75 Å². The number of aromatic hydroxyl groups is 1. The predicted octanol–water partition coefficient (Wildman–Crippen LogP) is 4.29. The molecule has 0 spiro atoms. The van der Waals surface area contributed by atoms with Gasteiger partial charge in [-0.2, -0.15) is 0 Å². The molecule has 0 fully saturated rings. The van der Waals surface area contributed by atoms with Crippen LogP contribution in [0.4, 0.5) is 11.6 Å². The summed E-state index contributed by atoms with van der Waals surface area (Å²) in [6.07, 6.45) is 1.79. The number of rotatable bonds is 2. The molecule has 0 saturated heterocycles. The maximum atomic E-state index is 9.76. The van der Waals surface area contributed by atoms with Crippen LogP contribution in [-0.4, -0.2) is 15.1 Å². The maximum absolute atomic E-state index is 9.76. The molecule has 6 heteroatoms. The molecule has 0 radical (unpaired) electrons. The molecule has 3 aromatic rings. The highest BCUT2D eigenvalue weighted by atomic mass is 127. The van der Waals surface area contributed by atoms with Crippen LogP contribution >= 0.6 is 45.2 Å². The molecule has 0 amide bonds. The van der Waals surface area contributed by atoms with E-state index in [0.29, 0.717) is 11.7 Å². The van der Waals surface area contributed by atoms with Crippen LogP contribution < -0.4 is 5.32 Å². The van der Waals surface area contributed by atoms with E-state index in [1.165, 1.54) is 0 Å². The Labute approximate surface area is 142 Å². The number of hydrogen-bond acceptors (Lipinski definition) is 4. The van der Waals surface area contributed by atoms with Crippen molar-refractivity contribution in [2.45, 2.75) is 0 Å². The lowest BCUT2D eigenvalue weighted by molar-refractivity contribution is 0.468. The molecule has 0 bridgehead atoms. The van der Waals surface area contributed by atoms with Crippen molar-refractivity contribution < 1.29 is 5.11 Å². The van der Waals surface area contributed by atoms with E-state index in [4.69, 9.17) is 0 Å². The Kier molecular flexibility index (Phi) is 3.92. The third-order valence-corrected chi connectivity index (χ3v) is 4.41. The number of phenolic OH excluding ortho intramolecular Hbond substituents is 1. The van der Waals surface area contributed by atoms with Crippen LogP contribution in [0.1, 0.15) is 0 Å². The molecule has 100 valence electrons. The van der Waals surface area contributed by atoms with Crippen molar-refractivity contribution in [1.29, 1.82) is 0 Å². The molecule has 0 aliphatic carbocycles. The minimum absolute atomic E-state index is 0.302. The molecule has 2 N–H and O–H groups in total. The van der Waals surface area contributed by atoms with Gasteiger partial charge < -0.3 is 10.4 Å². The van der Waals surface area contributed by atoms with E-state index in [9.17, 15) is 5.11 Å². The lowest BCUT2D eigenvalue weighted by atomic mass is 10.2. The van der Waals surface area contributed by atoms with Crippen LogP contribution in [0.25, 0.3) is 10.9 Å². The second-order valence-electron chi connectivity index (χ2n) is 4.17. The summed E-state index contributed by atoms with van der Waals surface area (Å²) in [6.45, 7) is 0. The number of aromatic nitrogens is 2. The number of phenols is 1. The van der Waals surface area contributed by atoms with E-state index >= 15 is 0 Å². The Hall–Kier alpha value is -1.16. The van der Waals surface area contributed by atoms with Crippen molar-refractivity contribution in [3.63, 3.8) is 0 Å². The molecule has 3 rings (SSSR count). The van der Waals surface area contributed by atoms with Crippen molar-refractivity contribution in [2.75, 3.05) is 5.32 Å². The summed E-state index contributed by atoms with van der Waals surface area (Å²) in [4.78, 5) is 8.76. The lowest BCUT2D eigenvalue weighted by Gasteiger charge is -2.08. The van der Waals surface area contributed by atoms with Gasteiger partial charge in [-0.25, -0.2) is 9.97 Å². The van der Waals surface area contributed by atoms with Crippen molar-refractivity contribution >= 4 is 67.7 Å². The molecule has 0 aliphatic rings. The second kappa shape index (κ2) is 5.68. The summed E-state index contributed by atoms with van der Waals surface area (Å²) >= 11 is 4.19. The standard InChI is InChI=1S/C14H9I2N3O/c15-10-5-9(6-11(16)13(10)20)18-14-17-7-8-3-1-2-4-12(8)19-14/h1-7,20H,(H,17,18,19). The van der Waals surface area contributed by atoms with Gasteiger partial charge in [-0.05, 0) is 63.4 Å². The van der Waals surface area contributed by atoms with Gasteiger partial charge in [0.2, 0.25) is 5.95 Å². The quantitative estimate of drug-likeness (QED) is 0.417. The fourth-order valence-electron chi connectivity index (χ4n) is 1.80. The van der Waals surface area contributed by atoms with Crippen molar-refractivity contribution in [3.05, 3.63) is 49.7 Å². The number of anilines is 2. The monoisotopic (exact) mass is 489 g/mol. The van der Waals surface area contributed by atoms with Gasteiger partial charge in [0, 0.05) is 17.3 Å². The molecular weight excluding hydrogens is 480 g/mol. The zero-order chi connectivity index (χ0) is 14.1. The number of benzene rings is 2. The summed E-state index contributed by atoms with van der Waals surface area (Å²) in [5.41, 5.74) is 1.75. The Morgan fingerprint density at radius 3 is 2.50 bits per heavy atom. The fourth-order valence-corrected chi connectivity index (χ4v) is 3.57. The van der Waals surface area contributed by atoms with Crippen LogP contribution in [0.15, 0.2) is 42.6 Å². The number of fused-ring (bicyclic) bond motifs is 1. The first-order valence-electron chi connectivity index (χ1n) is 5.80. The number of nitrogens with one attached hydrogen (secondary N) is 1. The van der Waals surface area contributed by atoms with E-state index in [2.05, 4.69) is 60.5 Å². The maximum Gasteiger partial charge on any atom is 0.227 e. The van der Waals surface area contributed by atoms with Crippen LogP contribution in [0.3, 0.4) is 0 Å². The summed E-state index contributed by atoms with van der Waals surface area (Å²) in [6, 6.07) is 11.6. The fraction of sp³-hybridized carbons (Fsp3) is 0. The molecule has 2 aromatic carbocycles. The molecule has 0 unspecified atom stereocenters. The highest BCUT2D eigenvalue weighted by Gasteiger charge is 2.07. The van der Waals surface area contributed by atoms with E-state index in [0.717, 1.165) is 23.7 Å². The highest BCUT2D eigenvalue weighted by Crippen LogP contribution is 2.30. The average Bonchev–Trinajstić information content (AvgIpc) is 2.44. The van der Waals surface area contributed by atoms with E-state index in [-0.39, 0.29) is 0 Å². The Bertz CT molecular complexity index is 769. The summed E-state index contributed by atoms with van der Waals surface area (Å²) in [5, 5.41) is 13.9. The van der Waals surface area contributed by atoms with Crippen molar-refractivity contribution in [1.82, 2.24) is 9.97 Å². The number of nitrogens with zero attached hydrogens (tertiary/aromatic N) is 2. The molecule has 4 nitrogen and oxygen atoms in total. The molecule has 0 saturated carbocycles. The Morgan fingerprint density at radius 1 is 1.05 bits per heavy atom. The third-order valence-electron chi connectivity index (χ3n) is 2.76. The zero-order valence-corrected chi connectivity index (χ0v) is 14.5. The van der Waals surface area contributed by atoms with Gasteiger partial charge in [-0.1, -0.05) is 18.2 Å². The van der Waals surface area contributed by atoms with Gasteiger partial charge in [-0.3, -0.25) is 0 Å². The van der Waals surface area contributed by atoms with E-state index in [1.807, 2.05) is 36.4 Å². The Balaban J connectivity index is 1.96. The summed E-state index contributed by atoms with van der Waals surface area (Å²) in [5.74, 6) is 0.845. The molecule has 1 heterocycles. The van der Waals surface area contributed by atoms with Crippen LogP contribution in [-0.2, 0) is 0 Å². The van der Waals surface area contributed by atoms with Gasteiger partial charge in [-0.15, -0.1) is 0 Å². The van der Waals surface area contributed by atoms with Crippen LogP contribution in [0, 0.1) is 7.14 Å². The smallest absolute Gasteiger partial charge is 0.227 e. The number of para-hydroxylation sites is 1. The van der Waals surface area contributed by atoms with E-state index in [1.54, 1.807) is 6.20 Å². The summed E-state index contributed by atoms with van der Waals surface area (Å²) in [7, 11) is 0. The lowest BCUT2D eigenvalue weighted by Crippen LogP contribution is -1.98. The molecule has 0 aliphatic heterocycles.